The third kappa shape index (κ3) is 10.5. The Morgan fingerprint density at radius 2 is 1.80 bits per heavy atom. The van der Waals surface area contributed by atoms with Gasteiger partial charge in [0.15, 0.2) is 11.5 Å². The van der Waals surface area contributed by atoms with Crippen molar-refractivity contribution in [2.45, 2.75) is 64.2 Å². The van der Waals surface area contributed by atoms with Crippen molar-refractivity contribution in [3.63, 3.8) is 0 Å². The maximum atomic E-state index is 12.8. The number of nitriles is 1. The van der Waals surface area contributed by atoms with Crippen LogP contribution in [0.3, 0.4) is 0 Å². The number of carbonyl (C=O) groups is 2. The van der Waals surface area contributed by atoms with Crippen molar-refractivity contribution in [1.82, 2.24) is 25.7 Å². The van der Waals surface area contributed by atoms with E-state index in [1.54, 1.807) is 24.3 Å². The van der Waals surface area contributed by atoms with Crippen LogP contribution in [0.2, 0.25) is 5.02 Å². The fourth-order valence-corrected chi connectivity index (χ4v) is 5.30. The van der Waals surface area contributed by atoms with Gasteiger partial charge >= 0.3 is 6.09 Å². The lowest BCUT2D eigenvalue weighted by atomic mass is 9.93. The summed E-state index contributed by atoms with van der Waals surface area (Å²) in [4.78, 5) is 29.0. The molecule has 0 spiro atoms. The first-order valence-corrected chi connectivity index (χ1v) is 15.5. The lowest BCUT2D eigenvalue weighted by molar-refractivity contribution is 0.0490. The zero-order chi connectivity index (χ0) is 31.5. The molecule has 1 saturated heterocycles. The van der Waals surface area contributed by atoms with Gasteiger partial charge in [-0.2, -0.15) is 5.26 Å². The number of piperazine rings is 1. The Kier molecular flexibility index (Phi) is 12.0. The fourth-order valence-electron chi connectivity index (χ4n) is 5.09. The summed E-state index contributed by atoms with van der Waals surface area (Å²) in [5.41, 5.74) is 0.209. The number of ether oxygens (including phenoxy) is 3. The molecular weight excluding hydrogens is 586 g/mol. The highest BCUT2D eigenvalue weighted by molar-refractivity contribution is 6.31. The predicted molar refractivity (Wildman–Crippen MR) is 166 cm³/mol. The van der Waals surface area contributed by atoms with Gasteiger partial charge in [-0.15, -0.1) is 10.2 Å². The smallest absolute Gasteiger partial charge is 0.407 e. The van der Waals surface area contributed by atoms with Gasteiger partial charge < -0.3 is 29.7 Å². The SMILES string of the molecule is CC(C)(C)OC(=O)NCCOCCN1CCN(c2ccc(C(=O)NC3CCC(Oc4ccc(C#N)c(Cl)c4)CC3)nn2)CC1. The molecule has 1 aliphatic heterocycles. The van der Waals surface area contributed by atoms with Crippen LogP contribution in [-0.4, -0.2) is 97.3 Å². The van der Waals surface area contributed by atoms with Crippen molar-refractivity contribution >= 4 is 29.4 Å². The second kappa shape index (κ2) is 15.9. The van der Waals surface area contributed by atoms with Gasteiger partial charge in [-0.05, 0) is 70.7 Å². The molecule has 2 aromatic rings. The van der Waals surface area contributed by atoms with E-state index in [0.717, 1.165) is 64.2 Å². The number of rotatable bonds is 11. The largest absolute Gasteiger partial charge is 0.490 e. The molecular formula is C31H42ClN7O5. The molecule has 238 valence electrons. The monoisotopic (exact) mass is 627 g/mol. The Morgan fingerprint density at radius 3 is 2.43 bits per heavy atom. The van der Waals surface area contributed by atoms with Gasteiger partial charge in [0.25, 0.3) is 5.91 Å². The maximum absolute atomic E-state index is 12.8. The zero-order valence-corrected chi connectivity index (χ0v) is 26.4. The lowest BCUT2D eigenvalue weighted by Crippen LogP contribution is -2.47. The highest BCUT2D eigenvalue weighted by atomic mass is 35.5. The number of nitrogens with zero attached hydrogens (tertiary/aromatic N) is 5. The number of hydrogen-bond donors (Lipinski definition) is 2. The minimum Gasteiger partial charge on any atom is -0.490 e. The minimum absolute atomic E-state index is 0.0346. The van der Waals surface area contributed by atoms with Crippen LogP contribution in [0, 0.1) is 11.3 Å². The molecule has 2 heterocycles. The van der Waals surface area contributed by atoms with E-state index in [1.807, 2.05) is 32.9 Å². The lowest BCUT2D eigenvalue weighted by Gasteiger charge is -2.35. The van der Waals surface area contributed by atoms with E-state index in [4.69, 9.17) is 31.1 Å². The van der Waals surface area contributed by atoms with E-state index in [-0.39, 0.29) is 18.1 Å². The third-order valence-electron chi connectivity index (χ3n) is 7.42. The standard InChI is InChI=1S/C31H42ClN7O5/c1-31(2,3)44-30(41)34-12-18-42-19-17-38-13-15-39(16-14-38)28-11-10-27(36-37-28)29(40)35-23-5-8-24(9-6-23)43-25-7-4-22(21-33)26(32)20-25/h4,7,10-11,20,23-24H,5-6,8-9,12-19H2,1-3H3,(H,34,41)(H,35,40). The van der Waals surface area contributed by atoms with Crippen LogP contribution in [0.1, 0.15) is 62.5 Å². The molecule has 1 aromatic carbocycles. The van der Waals surface area contributed by atoms with Crippen molar-refractivity contribution in [2.75, 3.05) is 57.4 Å². The van der Waals surface area contributed by atoms with Gasteiger partial charge in [0.05, 0.1) is 29.9 Å². The summed E-state index contributed by atoms with van der Waals surface area (Å²) >= 11 is 6.11. The van der Waals surface area contributed by atoms with Crippen LogP contribution < -0.4 is 20.3 Å². The van der Waals surface area contributed by atoms with E-state index >= 15 is 0 Å². The summed E-state index contributed by atoms with van der Waals surface area (Å²) in [6.45, 7) is 11.1. The first-order valence-electron chi connectivity index (χ1n) is 15.1. The summed E-state index contributed by atoms with van der Waals surface area (Å²) < 4.78 is 16.9. The Bertz CT molecular complexity index is 1280. The third-order valence-corrected chi connectivity index (χ3v) is 7.73. The van der Waals surface area contributed by atoms with Crippen LogP contribution in [-0.2, 0) is 9.47 Å². The van der Waals surface area contributed by atoms with Crippen LogP contribution in [0.5, 0.6) is 5.75 Å². The fraction of sp³-hybridized carbons (Fsp3) is 0.581. The zero-order valence-electron chi connectivity index (χ0n) is 25.7. The number of aromatic nitrogens is 2. The first-order chi connectivity index (χ1) is 21.1. The average Bonchev–Trinajstić information content (AvgIpc) is 2.99. The second-order valence-electron chi connectivity index (χ2n) is 12.0. The molecule has 0 bridgehead atoms. The summed E-state index contributed by atoms with van der Waals surface area (Å²) in [5.74, 6) is 1.18. The van der Waals surface area contributed by atoms with Crippen LogP contribution >= 0.6 is 11.6 Å². The van der Waals surface area contributed by atoms with E-state index < -0.39 is 11.7 Å². The molecule has 13 heteroatoms. The topological polar surface area (TPSA) is 142 Å². The Balaban J connectivity index is 1.10. The highest BCUT2D eigenvalue weighted by Gasteiger charge is 2.25. The molecule has 2 fully saturated rings. The molecule has 0 radical (unpaired) electrons. The maximum Gasteiger partial charge on any atom is 0.407 e. The number of hydrogen-bond acceptors (Lipinski definition) is 10. The summed E-state index contributed by atoms with van der Waals surface area (Å²) in [7, 11) is 0. The molecule has 4 rings (SSSR count). The normalized spacial score (nSPS) is 19.1. The van der Waals surface area contributed by atoms with Crippen molar-refractivity contribution < 1.29 is 23.8 Å². The van der Waals surface area contributed by atoms with Crippen molar-refractivity contribution in [3.05, 3.63) is 46.6 Å². The molecule has 0 atom stereocenters. The summed E-state index contributed by atoms with van der Waals surface area (Å²) in [6, 6.07) is 10.8. The number of amides is 2. The highest BCUT2D eigenvalue weighted by Crippen LogP contribution is 2.27. The minimum atomic E-state index is -0.515. The quantitative estimate of drug-likeness (QED) is 0.353. The summed E-state index contributed by atoms with van der Waals surface area (Å²) in [6.07, 6.45) is 2.79. The Hall–Kier alpha value is -3.66. The van der Waals surface area contributed by atoms with E-state index in [2.05, 4.69) is 30.6 Å². The van der Waals surface area contributed by atoms with Crippen molar-refractivity contribution in [3.8, 4) is 11.8 Å². The van der Waals surface area contributed by atoms with Crippen LogP contribution in [0.25, 0.3) is 0 Å². The molecule has 44 heavy (non-hydrogen) atoms. The number of benzene rings is 1. The van der Waals surface area contributed by atoms with Crippen LogP contribution in [0.15, 0.2) is 30.3 Å². The second-order valence-corrected chi connectivity index (χ2v) is 12.4. The van der Waals surface area contributed by atoms with Gasteiger partial charge in [0, 0.05) is 51.4 Å². The number of halogens is 1. The molecule has 1 aromatic heterocycles. The molecule has 12 nitrogen and oxygen atoms in total. The summed E-state index contributed by atoms with van der Waals surface area (Å²) in [5, 5.41) is 23.7. The van der Waals surface area contributed by atoms with E-state index in [1.165, 1.54) is 0 Å². The Labute approximate surface area is 264 Å². The van der Waals surface area contributed by atoms with Gasteiger partial charge in [-0.1, -0.05) is 11.6 Å². The van der Waals surface area contributed by atoms with Gasteiger partial charge in [0.1, 0.15) is 17.4 Å². The average molecular weight is 628 g/mol. The number of nitrogens with one attached hydrogen (secondary N) is 2. The predicted octanol–water partition coefficient (Wildman–Crippen LogP) is 3.78. The van der Waals surface area contributed by atoms with Crippen molar-refractivity contribution in [2.24, 2.45) is 0 Å². The molecule has 1 saturated carbocycles. The molecule has 1 aliphatic carbocycles. The van der Waals surface area contributed by atoms with Crippen LogP contribution in [0.4, 0.5) is 10.6 Å². The molecule has 2 N–H and O–H groups in total. The molecule has 2 amide bonds. The van der Waals surface area contributed by atoms with Gasteiger partial charge in [0.2, 0.25) is 0 Å². The number of alkyl carbamates (subject to hydrolysis) is 1. The number of carbonyl (C=O) groups excluding carboxylic acids is 2. The van der Waals surface area contributed by atoms with Gasteiger partial charge in [-0.3, -0.25) is 9.69 Å². The van der Waals surface area contributed by atoms with E-state index in [0.29, 0.717) is 41.8 Å². The first kappa shape index (κ1) is 33.2. The molecule has 0 unspecified atom stereocenters. The van der Waals surface area contributed by atoms with E-state index in [9.17, 15) is 9.59 Å². The van der Waals surface area contributed by atoms with Crippen molar-refractivity contribution in [1.29, 1.82) is 5.26 Å². The number of anilines is 1. The van der Waals surface area contributed by atoms with Gasteiger partial charge in [-0.25, -0.2) is 4.79 Å². The molecule has 2 aliphatic rings. The Morgan fingerprint density at radius 1 is 1.05 bits per heavy atom.